The molecule has 1 aliphatic carbocycles. The van der Waals surface area contributed by atoms with Crippen LogP contribution in [0.3, 0.4) is 0 Å². The Bertz CT molecular complexity index is 492. The number of aryl methyl sites for hydroxylation is 1. The Labute approximate surface area is 96.3 Å². The molecule has 2 aromatic rings. The van der Waals surface area contributed by atoms with Crippen molar-refractivity contribution in [1.82, 2.24) is 9.55 Å². The van der Waals surface area contributed by atoms with E-state index in [0.717, 1.165) is 11.4 Å². The molecule has 2 nitrogen and oxygen atoms in total. The van der Waals surface area contributed by atoms with E-state index < -0.39 is 0 Å². The zero-order valence-electron chi connectivity index (χ0n) is 9.82. The summed E-state index contributed by atoms with van der Waals surface area (Å²) in [6.07, 6.45) is 8.78. The van der Waals surface area contributed by atoms with Gasteiger partial charge in [0, 0.05) is 18.9 Å². The molecule has 0 N–H and O–H groups in total. The van der Waals surface area contributed by atoms with E-state index in [9.17, 15) is 0 Å². The van der Waals surface area contributed by atoms with E-state index in [0.29, 0.717) is 0 Å². The third-order valence-electron chi connectivity index (χ3n) is 3.88. The standard InChI is InChI=1S/C14H18N2/c1-16-12(9-11-5-2-3-6-11)10-13-14(16)7-4-8-15-13/h4,7-8,10-11H,2-3,5-6,9H2,1H3. The predicted octanol–water partition coefficient (Wildman–Crippen LogP) is 3.31. The van der Waals surface area contributed by atoms with Gasteiger partial charge in [-0.2, -0.15) is 0 Å². The van der Waals surface area contributed by atoms with E-state index in [1.54, 1.807) is 0 Å². The van der Waals surface area contributed by atoms with Crippen molar-refractivity contribution in [2.75, 3.05) is 0 Å². The number of aromatic nitrogens is 2. The Hall–Kier alpha value is -1.31. The summed E-state index contributed by atoms with van der Waals surface area (Å²) in [6.45, 7) is 0. The first-order valence-corrected chi connectivity index (χ1v) is 6.24. The largest absolute Gasteiger partial charge is 0.346 e. The molecule has 0 bridgehead atoms. The predicted molar refractivity (Wildman–Crippen MR) is 66.4 cm³/mol. The molecule has 1 saturated carbocycles. The molecule has 2 heteroatoms. The minimum atomic E-state index is 0.906. The highest BCUT2D eigenvalue weighted by molar-refractivity contribution is 5.76. The maximum absolute atomic E-state index is 4.42. The Morgan fingerprint density at radius 1 is 1.38 bits per heavy atom. The van der Waals surface area contributed by atoms with Crippen LogP contribution in [0.4, 0.5) is 0 Å². The van der Waals surface area contributed by atoms with Crippen molar-refractivity contribution in [2.45, 2.75) is 32.1 Å². The second kappa shape index (κ2) is 3.93. The third kappa shape index (κ3) is 1.62. The highest BCUT2D eigenvalue weighted by Crippen LogP contribution is 2.29. The molecule has 1 aliphatic rings. The molecule has 0 radical (unpaired) electrons. The Morgan fingerprint density at radius 3 is 2.94 bits per heavy atom. The molecule has 2 heterocycles. The number of rotatable bonds is 2. The Balaban J connectivity index is 1.94. The van der Waals surface area contributed by atoms with Crippen LogP contribution in [-0.4, -0.2) is 9.55 Å². The molecule has 84 valence electrons. The van der Waals surface area contributed by atoms with Gasteiger partial charge in [0.15, 0.2) is 0 Å². The lowest BCUT2D eigenvalue weighted by atomic mass is 10.0. The molecule has 0 aromatic carbocycles. The summed E-state index contributed by atoms with van der Waals surface area (Å²) in [5, 5.41) is 0. The summed E-state index contributed by atoms with van der Waals surface area (Å²) in [5.41, 5.74) is 3.84. The Kier molecular flexibility index (Phi) is 2.43. The number of hydrogen-bond donors (Lipinski definition) is 0. The lowest BCUT2D eigenvalue weighted by Gasteiger charge is -2.09. The highest BCUT2D eigenvalue weighted by Gasteiger charge is 2.17. The van der Waals surface area contributed by atoms with Gasteiger partial charge in [0.1, 0.15) is 0 Å². The average Bonchev–Trinajstić information content (AvgIpc) is 2.90. The van der Waals surface area contributed by atoms with Gasteiger partial charge < -0.3 is 4.57 Å². The van der Waals surface area contributed by atoms with Gasteiger partial charge in [-0.15, -0.1) is 0 Å². The smallest absolute Gasteiger partial charge is 0.0883 e. The van der Waals surface area contributed by atoms with Crippen LogP contribution >= 0.6 is 0 Å². The maximum Gasteiger partial charge on any atom is 0.0883 e. The van der Waals surface area contributed by atoms with Gasteiger partial charge in [-0.3, -0.25) is 4.98 Å². The van der Waals surface area contributed by atoms with Gasteiger partial charge in [0.05, 0.1) is 11.0 Å². The third-order valence-corrected chi connectivity index (χ3v) is 3.88. The van der Waals surface area contributed by atoms with Crippen LogP contribution in [0.25, 0.3) is 11.0 Å². The van der Waals surface area contributed by atoms with E-state index in [1.807, 2.05) is 12.3 Å². The van der Waals surface area contributed by atoms with Crippen LogP contribution in [0.2, 0.25) is 0 Å². The lowest BCUT2D eigenvalue weighted by Crippen LogP contribution is -2.03. The molecule has 0 aliphatic heterocycles. The van der Waals surface area contributed by atoms with Crippen LogP contribution in [0.1, 0.15) is 31.4 Å². The van der Waals surface area contributed by atoms with Crippen LogP contribution in [0.15, 0.2) is 24.4 Å². The van der Waals surface area contributed by atoms with Crippen molar-refractivity contribution >= 4 is 11.0 Å². The van der Waals surface area contributed by atoms with Gasteiger partial charge in [-0.1, -0.05) is 25.7 Å². The molecule has 0 spiro atoms. The zero-order chi connectivity index (χ0) is 11.0. The fourth-order valence-electron chi connectivity index (χ4n) is 2.92. The minimum Gasteiger partial charge on any atom is -0.346 e. The van der Waals surface area contributed by atoms with Crippen LogP contribution in [0.5, 0.6) is 0 Å². The number of nitrogens with zero attached hydrogens (tertiary/aromatic N) is 2. The molecular weight excluding hydrogens is 196 g/mol. The van der Waals surface area contributed by atoms with Gasteiger partial charge in [0.25, 0.3) is 0 Å². The van der Waals surface area contributed by atoms with Crippen molar-refractivity contribution < 1.29 is 0 Å². The summed E-state index contributed by atoms with van der Waals surface area (Å²) in [5.74, 6) is 0.906. The van der Waals surface area contributed by atoms with Gasteiger partial charge in [0.2, 0.25) is 0 Å². The fourth-order valence-corrected chi connectivity index (χ4v) is 2.92. The maximum atomic E-state index is 4.42. The van der Waals surface area contributed by atoms with E-state index in [4.69, 9.17) is 0 Å². The lowest BCUT2D eigenvalue weighted by molar-refractivity contribution is 0.531. The molecular formula is C14H18N2. The first-order chi connectivity index (χ1) is 7.84. The van der Waals surface area contributed by atoms with Crippen molar-refractivity contribution in [3.63, 3.8) is 0 Å². The van der Waals surface area contributed by atoms with Crippen molar-refractivity contribution in [3.8, 4) is 0 Å². The first kappa shape index (κ1) is 9.88. The van der Waals surface area contributed by atoms with E-state index >= 15 is 0 Å². The molecule has 2 aromatic heterocycles. The minimum absolute atomic E-state index is 0.906. The zero-order valence-corrected chi connectivity index (χ0v) is 9.82. The van der Waals surface area contributed by atoms with Crippen LogP contribution in [0, 0.1) is 5.92 Å². The molecule has 1 fully saturated rings. The van der Waals surface area contributed by atoms with Crippen molar-refractivity contribution in [3.05, 3.63) is 30.1 Å². The second-order valence-electron chi connectivity index (χ2n) is 4.96. The topological polar surface area (TPSA) is 17.8 Å². The summed E-state index contributed by atoms with van der Waals surface area (Å²) < 4.78 is 2.31. The summed E-state index contributed by atoms with van der Waals surface area (Å²) >= 11 is 0. The first-order valence-electron chi connectivity index (χ1n) is 6.24. The molecule has 16 heavy (non-hydrogen) atoms. The summed E-state index contributed by atoms with van der Waals surface area (Å²) in [7, 11) is 2.16. The normalized spacial score (nSPS) is 17.3. The quantitative estimate of drug-likeness (QED) is 0.750. The van der Waals surface area contributed by atoms with Gasteiger partial charge in [-0.25, -0.2) is 0 Å². The molecule has 0 atom stereocenters. The molecule has 0 amide bonds. The summed E-state index contributed by atoms with van der Waals surface area (Å²) in [6, 6.07) is 6.43. The van der Waals surface area contributed by atoms with Crippen molar-refractivity contribution in [1.29, 1.82) is 0 Å². The van der Waals surface area contributed by atoms with Gasteiger partial charge >= 0.3 is 0 Å². The number of fused-ring (bicyclic) bond motifs is 1. The average molecular weight is 214 g/mol. The number of pyridine rings is 1. The van der Waals surface area contributed by atoms with Gasteiger partial charge in [-0.05, 0) is 30.5 Å². The second-order valence-corrected chi connectivity index (χ2v) is 4.96. The van der Waals surface area contributed by atoms with Crippen LogP contribution in [-0.2, 0) is 13.5 Å². The monoisotopic (exact) mass is 214 g/mol. The molecule has 0 saturated heterocycles. The molecule has 0 unspecified atom stereocenters. The van der Waals surface area contributed by atoms with Crippen LogP contribution < -0.4 is 0 Å². The summed E-state index contributed by atoms with van der Waals surface area (Å²) in [4.78, 5) is 4.42. The van der Waals surface area contributed by atoms with E-state index in [1.165, 1.54) is 43.3 Å². The SMILES string of the molecule is Cn1c(CC2CCCC2)cc2ncccc21. The van der Waals surface area contributed by atoms with Crippen molar-refractivity contribution in [2.24, 2.45) is 13.0 Å². The number of hydrogen-bond acceptors (Lipinski definition) is 1. The molecule has 3 rings (SSSR count). The fraction of sp³-hybridized carbons (Fsp3) is 0.500. The van der Waals surface area contributed by atoms with E-state index in [-0.39, 0.29) is 0 Å². The van der Waals surface area contributed by atoms with E-state index in [2.05, 4.69) is 28.7 Å². The highest BCUT2D eigenvalue weighted by atomic mass is 15.0. The Morgan fingerprint density at radius 2 is 2.19 bits per heavy atom.